The smallest absolute Gasteiger partial charge is 0.444 e. The van der Waals surface area contributed by atoms with Gasteiger partial charge in [0.15, 0.2) is 0 Å². The summed E-state index contributed by atoms with van der Waals surface area (Å²) >= 11 is 3.43. The Balaban J connectivity index is 0.000000246. The predicted molar refractivity (Wildman–Crippen MR) is 178 cm³/mol. The van der Waals surface area contributed by atoms with Gasteiger partial charge in [-0.2, -0.15) is 0 Å². The Morgan fingerprint density at radius 1 is 0.889 bits per heavy atom. The topological polar surface area (TPSA) is 121 Å². The van der Waals surface area contributed by atoms with Crippen molar-refractivity contribution >= 4 is 46.5 Å². The van der Waals surface area contributed by atoms with E-state index in [1.54, 1.807) is 21.9 Å². The van der Waals surface area contributed by atoms with E-state index in [0.717, 1.165) is 27.5 Å². The Morgan fingerprint density at radius 3 is 1.78 bits per heavy atom. The first-order valence-electron chi connectivity index (χ1n) is 15.2. The molecule has 11 nitrogen and oxygen atoms in total. The van der Waals surface area contributed by atoms with Crippen LogP contribution in [0.4, 0.5) is 15.3 Å². The number of hydrogen-bond donors (Lipinski definition) is 0. The quantitative estimate of drug-likeness (QED) is 0.181. The van der Waals surface area contributed by atoms with Crippen LogP contribution >= 0.6 is 15.9 Å². The molecule has 0 aliphatic carbocycles. The normalized spacial score (nSPS) is 19.6. The van der Waals surface area contributed by atoms with Crippen molar-refractivity contribution in [3.05, 3.63) is 56.0 Å². The summed E-state index contributed by atoms with van der Waals surface area (Å²) in [6.07, 6.45) is 4.70. The second kappa shape index (κ2) is 13.8. The SMILES string of the molecule is CC(C)(C)OC(=O)N1CC=C(B2OC(C)(C)C(C)(C)O2)CC1.CC(C)(C)OC(=O)N1CC=C(c2cc([N+](=O)[O-])ccc2Br)CC1. The van der Waals surface area contributed by atoms with E-state index >= 15 is 0 Å². The van der Waals surface area contributed by atoms with Crippen molar-refractivity contribution in [1.29, 1.82) is 0 Å². The van der Waals surface area contributed by atoms with Crippen molar-refractivity contribution < 1.29 is 33.3 Å². The minimum atomic E-state index is -0.524. The molecule has 3 aliphatic rings. The molecule has 1 aromatic carbocycles. The molecule has 0 spiro atoms. The van der Waals surface area contributed by atoms with Gasteiger partial charge < -0.3 is 28.6 Å². The third-order valence-electron chi connectivity index (χ3n) is 7.82. The Morgan fingerprint density at radius 2 is 1.38 bits per heavy atom. The second-order valence-corrected chi connectivity index (χ2v) is 15.2. The molecule has 0 aromatic heterocycles. The van der Waals surface area contributed by atoms with Crippen molar-refractivity contribution in [2.24, 2.45) is 0 Å². The zero-order chi connectivity index (χ0) is 34.0. The van der Waals surface area contributed by atoms with Crippen LogP contribution in [0.2, 0.25) is 0 Å². The first kappa shape index (κ1) is 36.6. The van der Waals surface area contributed by atoms with E-state index in [9.17, 15) is 19.7 Å². The summed E-state index contributed by atoms with van der Waals surface area (Å²) < 4.78 is 23.7. The van der Waals surface area contributed by atoms with Crippen LogP contribution in [0, 0.1) is 10.1 Å². The Hall–Kier alpha value is -2.90. The van der Waals surface area contributed by atoms with Crippen molar-refractivity contribution in [1.82, 2.24) is 9.80 Å². The number of nitro groups is 1. The van der Waals surface area contributed by atoms with Crippen molar-refractivity contribution in [2.45, 2.75) is 104 Å². The van der Waals surface area contributed by atoms with Gasteiger partial charge >= 0.3 is 19.3 Å². The van der Waals surface area contributed by atoms with Crippen molar-refractivity contribution in [3.63, 3.8) is 0 Å². The number of carbonyl (C=O) groups is 2. The van der Waals surface area contributed by atoms with E-state index in [4.69, 9.17) is 18.8 Å². The van der Waals surface area contributed by atoms with E-state index in [-0.39, 0.29) is 36.2 Å². The van der Waals surface area contributed by atoms with Gasteiger partial charge in [0.05, 0.1) is 16.1 Å². The highest BCUT2D eigenvalue weighted by Crippen LogP contribution is 2.39. The van der Waals surface area contributed by atoms with Crippen LogP contribution < -0.4 is 0 Å². The van der Waals surface area contributed by atoms with Crippen LogP contribution in [0.1, 0.15) is 87.6 Å². The summed E-state index contributed by atoms with van der Waals surface area (Å²) in [6, 6.07) is 4.69. The van der Waals surface area contributed by atoms with Gasteiger partial charge in [-0.25, -0.2) is 9.59 Å². The number of benzene rings is 1. The number of hydrogen-bond acceptors (Lipinski definition) is 8. The van der Waals surface area contributed by atoms with Crippen molar-refractivity contribution in [3.8, 4) is 0 Å². The summed E-state index contributed by atoms with van der Waals surface area (Å²) in [5.41, 5.74) is 1.29. The van der Waals surface area contributed by atoms with Crippen LogP contribution in [-0.2, 0) is 18.8 Å². The standard InChI is InChI=1S/C16H28BNO4.C16H19BrN2O4/c1-14(2,3)20-13(19)18-10-8-12(9-11-18)17-21-15(4,5)16(6,7)22-17;1-16(2,3)23-15(20)18-8-6-11(7-9-18)13-10-12(19(21)22)4-5-14(13)17/h8H,9-11H2,1-7H3;4-6,10H,7-9H2,1-3H3. The Kier molecular flexibility index (Phi) is 11.3. The highest BCUT2D eigenvalue weighted by atomic mass is 79.9. The number of nitro benzene ring substituents is 1. The van der Waals surface area contributed by atoms with E-state index < -0.39 is 16.1 Å². The van der Waals surface area contributed by atoms with Gasteiger partial charge in [-0.1, -0.05) is 28.1 Å². The van der Waals surface area contributed by atoms with Crippen LogP contribution in [0.15, 0.2) is 40.3 Å². The van der Waals surface area contributed by atoms with Crippen LogP contribution in [-0.4, -0.2) is 82.6 Å². The summed E-state index contributed by atoms with van der Waals surface area (Å²) in [7, 11) is -0.314. The molecule has 3 aliphatic heterocycles. The van der Waals surface area contributed by atoms with Crippen LogP contribution in [0.25, 0.3) is 5.57 Å². The molecular formula is C32H47BBrN3O8. The van der Waals surface area contributed by atoms with E-state index in [1.165, 1.54) is 6.07 Å². The highest BCUT2D eigenvalue weighted by Gasteiger charge is 2.52. The minimum absolute atomic E-state index is 0.0543. The number of nitrogens with zero attached hydrogens (tertiary/aromatic N) is 3. The molecule has 13 heteroatoms. The molecule has 0 bridgehead atoms. The molecule has 0 unspecified atom stereocenters. The fourth-order valence-corrected chi connectivity index (χ4v) is 5.17. The second-order valence-electron chi connectivity index (χ2n) is 14.4. The molecular weight excluding hydrogens is 645 g/mol. The molecule has 248 valence electrons. The van der Waals surface area contributed by atoms with Gasteiger partial charge in [0, 0.05) is 42.8 Å². The Bertz CT molecular complexity index is 1330. The third-order valence-corrected chi connectivity index (χ3v) is 8.51. The maximum atomic E-state index is 12.1. The summed E-state index contributed by atoms with van der Waals surface area (Å²) in [5, 5.41) is 10.9. The lowest BCUT2D eigenvalue weighted by Gasteiger charge is -2.32. The van der Waals surface area contributed by atoms with E-state index in [1.807, 2.05) is 81.4 Å². The lowest BCUT2D eigenvalue weighted by Crippen LogP contribution is -2.41. The highest BCUT2D eigenvalue weighted by molar-refractivity contribution is 9.10. The molecule has 0 radical (unpaired) electrons. The lowest BCUT2D eigenvalue weighted by molar-refractivity contribution is -0.384. The fourth-order valence-electron chi connectivity index (χ4n) is 4.66. The Labute approximate surface area is 275 Å². The average Bonchev–Trinajstić information content (AvgIpc) is 3.14. The maximum absolute atomic E-state index is 12.1. The van der Waals surface area contributed by atoms with Gasteiger partial charge in [0.1, 0.15) is 11.2 Å². The van der Waals surface area contributed by atoms with Crippen LogP contribution in [0.3, 0.4) is 0 Å². The first-order valence-corrected chi connectivity index (χ1v) is 16.0. The largest absolute Gasteiger partial charge is 0.490 e. The number of ether oxygens (including phenoxy) is 2. The summed E-state index contributed by atoms with van der Waals surface area (Å²) in [6.45, 7) is 21.4. The third kappa shape index (κ3) is 10.0. The van der Waals surface area contributed by atoms with E-state index in [2.05, 4.69) is 15.9 Å². The molecule has 2 amide bonds. The molecule has 0 saturated carbocycles. The molecule has 3 heterocycles. The molecule has 1 aromatic rings. The van der Waals surface area contributed by atoms with Gasteiger partial charge in [-0.3, -0.25) is 10.1 Å². The molecule has 1 saturated heterocycles. The monoisotopic (exact) mass is 691 g/mol. The zero-order valence-corrected chi connectivity index (χ0v) is 29.8. The molecule has 4 rings (SSSR count). The number of carbonyl (C=O) groups excluding carboxylic acids is 2. The average molecular weight is 692 g/mol. The van der Waals surface area contributed by atoms with E-state index in [0.29, 0.717) is 32.6 Å². The number of non-ortho nitro benzene ring substituents is 1. The number of halogens is 1. The molecule has 1 fully saturated rings. The zero-order valence-electron chi connectivity index (χ0n) is 28.2. The van der Waals surface area contributed by atoms with Gasteiger partial charge in [-0.05, 0) is 105 Å². The van der Waals surface area contributed by atoms with Crippen molar-refractivity contribution in [2.75, 3.05) is 26.2 Å². The van der Waals surface area contributed by atoms with Gasteiger partial charge in [0.2, 0.25) is 0 Å². The lowest BCUT2D eigenvalue weighted by atomic mass is 9.75. The molecule has 45 heavy (non-hydrogen) atoms. The number of amides is 2. The minimum Gasteiger partial charge on any atom is -0.444 e. The summed E-state index contributed by atoms with van der Waals surface area (Å²) in [4.78, 5) is 37.9. The molecule has 0 N–H and O–H groups in total. The van der Waals surface area contributed by atoms with Crippen LogP contribution in [0.5, 0.6) is 0 Å². The summed E-state index contributed by atoms with van der Waals surface area (Å²) in [5.74, 6) is 0. The predicted octanol–water partition coefficient (Wildman–Crippen LogP) is 7.57. The first-order chi connectivity index (χ1) is 20.6. The fraction of sp³-hybridized carbons (Fsp3) is 0.625. The van der Waals surface area contributed by atoms with Gasteiger partial charge in [0.25, 0.3) is 5.69 Å². The maximum Gasteiger partial charge on any atom is 0.490 e. The molecule has 0 atom stereocenters. The number of rotatable bonds is 3. The van der Waals surface area contributed by atoms with Gasteiger partial charge in [-0.15, -0.1) is 0 Å².